The van der Waals surface area contributed by atoms with Crippen LogP contribution in [-0.2, 0) is 4.79 Å². The van der Waals surface area contributed by atoms with Crippen molar-refractivity contribution in [3.05, 3.63) is 42.1 Å². The van der Waals surface area contributed by atoms with Crippen molar-refractivity contribution in [2.24, 2.45) is 0 Å². The van der Waals surface area contributed by atoms with Crippen molar-refractivity contribution in [1.82, 2.24) is 15.5 Å². The number of carbonyl (C=O) groups excluding carboxylic acids is 1. The van der Waals surface area contributed by atoms with Crippen LogP contribution in [0, 0.1) is 11.8 Å². The highest BCUT2D eigenvalue weighted by molar-refractivity contribution is 5.73. The summed E-state index contributed by atoms with van der Waals surface area (Å²) in [5.74, 6) is 5.89. The van der Waals surface area contributed by atoms with Crippen LogP contribution in [0.15, 0.2) is 36.5 Å². The summed E-state index contributed by atoms with van der Waals surface area (Å²) >= 11 is 0. The van der Waals surface area contributed by atoms with Gasteiger partial charge in [0.25, 0.3) is 0 Å². The van der Waals surface area contributed by atoms with E-state index in [9.17, 15) is 4.79 Å². The molecule has 2 rings (SSSR count). The van der Waals surface area contributed by atoms with Crippen molar-refractivity contribution in [2.45, 2.75) is 6.92 Å². The summed E-state index contributed by atoms with van der Waals surface area (Å²) < 4.78 is 0. The van der Waals surface area contributed by atoms with Gasteiger partial charge < -0.3 is 5.32 Å². The number of nitrogens with one attached hydrogen (secondary N) is 2. The molecule has 0 unspecified atom stereocenters. The highest BCUT2D eigenvalue weighted by Gasteiger charge is 2.02. The fourth-order valence-corrected chi connectivity index (χ4v) is 1.54. The molecule has 1 amide bonds. The van der Waals surface area contributed by atoms with Gasteiger partial charge in [-0.3, -0.25) is 9.89 Å². The molecule has 0 radical (unpaired) electrons. The normalized spacial score (nSPS) is 9.39. The molecule has 4 nitrogen and oxygen atoms in total. The number of amides is 1. The monoisotopic (exact) mass is 239 g/mol. The van der Waals surface area contributed by atoms with Crippen LogP contribution in [0.3, 0.4) is 0 Å². The molecule has 2 aromatic rings. The summed E-state index contributed by atoms with van der Waals surface area (Å²) in [5.41, 5.74) is 2.84. The predicted molar refractivity (Wildman–Crippen MR) is 69.6 cm³/mol. The van der Waals surface area contributed by atoms with Crippen LogP contribution in [0.25, 0.3) is 11.3 Å². The van der Waals surface area contributed by atoms with Gasteiger partial charge in [-0.05, 0) is 12.1 Å². The van der Waals surface area contributed by atoms with E-state index in [1.807, 2.05) is 30.3 Å². The molecule has 4 heteroatoms. The molecule has 0 saturated heterocycles. The second-order valence-corrected chi connectivity index (χ2v) is 3.73. The van der Waals surface area contributed by atoms with E-state index in [1.54, 1.807) is 6.20 Å². The summed E-state index contributed by atoms with van der Waals surface area (Å²) in [6.45, 7) is 1.83. The Balaban J connectivity index is 2.21. The zero-order valence-electron chi connectivity index (χ0n) is 10.0. The molecule has 0 atom stereocenters. The van der Waals surface area contributed by atoms with Gasteiger partial charge in [-0.1, -0.05) is 30.0 Å². The van der Waals surface area contributed by atoms with Gasteiger partial charge in [0.1, 0.15) is 0 Å². The third kappa shape index (κ3) is 2.98. The second kappa shape index (κ2) is 5.69. The summed E-state index contributed by atoms with van der Waals surface area (Å²) in [6.07, 6.45) is 1.71. The maximum atomic E-state index is 10.7. The van der Waals surface area contributed by atoms with Crippen molar-refractivity contribution in [2.75, 3.05) is 6.54 Å². The fraction of sp³-hybridized carbons (Fsp3) is 0.143. The Labute approximate surface area is 105 Å². The Kier molecular flexibility index (Phi) is 3.77. The molecule has 0 aliphatic heterocycles. The maximum Gasteiger partial charge on any atom is 0.217 e. The number of hydrogen-bond donors (Lipinski definition) is 2. The summed E-state index contributed by atoms with van der Waals surface area (Å²) in [6, 6.07) is 9.71. The van der Waals surface area contributed by atoms with Gasteiger partial charge in [-0.25, -0.2) is 0 Å². The Bertz CT molecular complexity index is 591. The van der Waals surface area contributed by atoms with E-state index in [0.717, 1.165) is 16.8 Å². The highest BCUT2D eigenvalue weighted by Crippen LogP contribution is 2.19. The number of benzene rings is 1. The summed E-state index contributed by atoms with van der Waals surface area (Å²) in [5, 5.41) is 9.48. The van der Waals surface area contributed by atoms with Crippen LogP contribution in [0.2, 0.25) is 0 Å². The van der Waals surface area contributed by atoms with E-state index in [4.69, 9.17) is 0 Å². The Morgan fingerprint density at radius 2 is 2.22 bits per heavy atom. The Hall–Kier alpha value is -2.54. The molecule has 1 aromatic carbocycles. The van der Waals surface area contributed by atoms with Gasteiger partial charge in [0.2, 0.25) is 5.91 Å². The number of hydrogen-bond acceptors (Lipinski definition) is 2. The van der Waals surface area contributed by atoms with E-state index in [1.165, 1.54) is 6.92 Å². The first-order valence-corrected chi connectivity index (χ1v) is 5.59. The quantitative estimate of drug-likeness (QED) is 0.781. The molecule has 1 aromatic heterocycles. The fourth-order valence-electron chi connectivity index (χ4n) is 1.54. The SMILES string of the molecule is CC(=O)NCC#Cc1ccccc1-c1ccn[nH]1. The van der Waals surface area contributed by atoms with Crippen LogP contribution >= 0.6 is 0 Å². The Morgan fingerprint density at radius 1 is 1.39 bits per heavy atom. The van der Waals surface area contributed by atoms with E-state index in [2.05, 4.69) is 27.4 Å². The van der Waals surface area contributed by atoms with Gasteiger partial charge in [0, 0.05) is 24.2 Å². The summed E-state index contributed by atoms with van der Waals surface area (Å²) in [4.78, 5) is 10.7. The van der Waals surface area contributed by atoms with Crippen molar-refractivity contribution < 1.29 is 4.79 Å². The first-order valence-electron chi connectivity index (χ1n) is 5.59. The highest BCUT2D eigenvalue weighted by atomic mass is 16.1. The standard InChI is InChI=1S/C14H13N3O/c1-11(18)15-9-4-6-12-5-2-3-7-13(12)14-8-10-16-17-14/h2-3,5,7-8,10H,9H2,1H3,(H,15,18)(H,16,17). The van der Waals surface area contributed by atoms with Gasteiger partial charge in [0.05, 0.1) is 12.2 Å². The number of carbonyl (C=O) groups is 1. The minimum absolute atomic E-state index is 0.0776. The van der Waals surface area contributed by atoms with Crippen molar-refractivity contribution >= 4 is 5.91 Å². The number of nitrogens with zero attached hydrogens (tertiary/aromatic N) is 1. The molecule has 1 heterocycles. The van der Waals surface area contributed by atoms with E-state index in [-0.39, 0.29) is 5.91 Å². The van der Waals surface area contributed by atoms with Crippen LogP contribution in [0.4, 0.5) is 0 Å². The van der Waals surface area contributed by atoms with Gasteiger partial charge in [-0.15, -0.1) is 0 Å². The maximum absolute atomic E-state index is 10.7. The average Bonchev–Trinajstić information content (AvgIpc) is 2.88. The number of rotatable bonds is 2. The van der Waals surface area contributed by atoms with E-state index >= 15 is 0 Å². The topological polar surface area (TPSA) is 57.8 Å². The zero-order chi connectivity index (χ0) is 12.8. The number of aromatic amines is 1. The number of aromatic nitrogens is 2. The molecular formula is C14H13N3O. The molecule has 0 spiro atoms. The zero-order valence-corrected chi connectivity index (χ0v) is 10.0. The van der Waals surface area contributed by atoms with Crippen LogP contribution in [-0.4, -0.2) is 22.6 Å². The first-order chi connectivity index (χ1) is 8.77. The lowest BCUT2D eigenvalue weighted by molar-refractivity contribution is -0.118. The van der Waals surface area contributed by atoms with Crippen LogP contribution in [0.5, 0.6) is 0 Å². The third-order valence-electron chi connectivity index (χ3n) is 2.37. The van der Waals surface area contributed by atoms with Crippen molar-refractivity contribution in [3.63, 3.8) is 0 Å². The minimum atomic E-state index is -0.0776. The van der Waals surface area contributed by atoms with Gasteiger partial charge in [0.15, 0.2) is 0 Å². The smallest absolute Gasteiger partial charge is 0.217 e. The summed E-state index contributed by atoms with van der Waals surface area (Å²) in [7, 11) is 0. The number of H-pyrrole nitrogens is 1. The van der Waals surface area contributed by atoms with E-state index in [0.29, 0.717) is 6.54 Å². The van der Waals surface area contributed by atoms with Crippen molar-refractivity contribution in [3.8, 4) is 23.1 Å². The molecule has 0 saturated carbocycles. The lowest BCUT2D eigenvalue weighted by atomic mass is 10.1. The molecule has 0 aliphatic carbocycles. The minimum Gasteiger partial charge on any atom is -0.345 e. The average molecular weight is 239 g/mol. The lowest BCUT2D eigenvalue weighted by Gasteiger charge is -2.00. The van der Waals surface area contributed by atoms with Crippen LogP contribution in [0.1, 0.15) is 12.5 Å². The molecule has 2 N–H and O–H groups in total. The third-order valence-corrected chi connectivity index (χ3v) is 2.37. The molecule has 0 aliphatic rings. The van der Waals surface area contributed by atoms with Gasteiger partial charge in [-0.2, -0.15) is 5.10 Å². The largest absolute Gasteiger partial charge is 0.345 e. The lowest BCUT2D eigenvalue weighted by Crippen LogP contribution is -2.19. The van der Waals surface area contributed by atoms with E-state index < -0.39 is 0 Å². The predicted octanol–water partition coefficient (Wildman–Crippen LogP) is 1.56. The Morgan fingerprint density at radius 3 is 2.94 bits per heavy atom. The first kappa shape index (κ1) is 11.9. The molecule has 18 heavy (non-hydrogen) atoms. The molecule has 0 bridgehead atoms. The second-order valence-electron chi connectivity index (χ2n) is 3.73. The van der Waals surface area contributed by atoms with Crippen molar-refractivity contribution in [1.29, 1.82) is 0 Å². The van der Waals surface area contributed by atoms with Gasteiger partial charge >= 0.3 is 0 Å². The molecule has 90 valence electrons. The molecular weight excluding hydrogens is 226 g/mol. The molecule has 0 fully saturated rings. The van der Waals surface area contributed by atoms with Crippen LogP contribution < -0.4 is 5.32 Å².